The average molecular weight is 332 g/mol. The van der Waals surface area contributed by atoms with E-state index in [-0.39, 0.29) is 10.9 Å². The predicted octanol–water partition coefficient (Wildman–Crippen LogP) is 2.38. The van der Waals surface area contributed by atoms with Crippen LogP contribution in [0.5, 0.6) is 5.75 Å². The van der Waals surface area contributed by atoms with Gasteiger partial charge in [0, 0.05) is 19.1 Å². The van der Waals surface area contributed by atoms with Crippen LogP contribution in [0.1, 0.15) is 12.5 Å². The second-order valence-corrected chi connectivity index (χ2v) is 7.48. The Morgan fingerprint density at radius 3 is 2.52 bits per heavy atom. The van der Waals surface area contributed by atoms with Crippen LogP contribution in [0.4, 0.5) is 5.69 Å². The van der Waals surface area contributed by atoms with Crippen LogP contribution in [0.2, 0.25) is 0 Å². The summed E-state index contributed by atoms with van der Waals surface area (Å²) in [6.45, 7) is 3.04. The summed E-state index contributed by atoms with van der Waals surface area (Å²) in [7, 11) is -2.06. The van der Waals surface area contributed by atoms with E-state index in [1.54, 1.807) is 31.4 Å². The highest BCUT2D eigenvalue weighted by Crippen LogP contribution is 2.29. The number of nitrogens with zero attached hydrogens (tertiary/aromatic N) is 1. The molecular weight excluding hydrogens is 312 g/mol. The van der Waals surface area contributed by atoms with Crippen molar-refractivity contribution < 1.29 is 13.2 Å². The third kappa shape index (κ3) is 3.04. The molecule has 0 saturated carbocycles. The molecule has 0 saturated heterocycles. The van der Waals surface area contributed by atoms with Gasteiger partial charge < -0.3 is 10.1 Å². The lowest BCUT2D eigenvalue weighted by atomic mass is 10.2. The molecule has 23 heavy (non-hydrogen) atoms. The zero-order chi connectivity index (χ0) is 16.4. The summed E-state index contributed by atoms with van der Waals surface area (Å²) in [4.78, 5) is 0.266. The fraction of sp³-hybridized carbons (Fsp3) is 0.294. The minimum Gasteiger partial charge on any atom is -0.497 e. The van der Waals surface area contributed by atoms with Gasteiger partial charge in [-0.1, -0.05) is 18.2 Å². The maximum Gasteiger partial charge on any atom is 0.264 e. The van der Waals surface area contributed by atoms with Crippen LogP contribution >= 0.6 is 0 Å². The first-order chi connectivity index (χ1) is 11.0. The van der Waals surface area contributed by atoms with Gasteiger partial charge in [-0.3, -0.25) is 4.31 Å². The fourth-order valence-electron chi connectivity index (χ4n) is 2.70. The number of ether oxygens (including phenoxy) is 1. The smallest absolute Gasteiger partial charge is 0.264 e. The van der Waals surface area contributed by atoms with Crippen LogP contribution in [0, 0.1) is 0 Å². The summed E-state index contributed by atoms with van der Waals surface area (Å²) in [5.74, 6) is 0.634. The second-order valence-electron chi connectivity index (χ2n) is 5.62. The van der Waals surface area contributed by atoms with Gasteiger partial charge in [-0.05, 0) is 42.8 Å². The van der Waals surface area contributed by atoms with Crippen LogP contribution < -0.4 is 14.4 Å². The number of hydrogen-bond donors (Lipinski definition) is 1. The minimum atomic E-state index is -3.62. The van der Waals surface area contributed by atoms with E-state index in [4.69, 9.17) is 4.74 Å². The van der Waals surface area contributed by atoms with Gasteiger partial charge in [0.15, 0.2) is 0 Å². The number of sulfonamides is 1. The summed E-state index contributed by atoms with van der Waals surface area (Å²) < 4.78 is 32.8. The summed E-state index contributed by atoms with van der Waals surface area (Å²) in [5, 5.41) is 3.35. The highest BCUT2D eigenvalue weighted by molar-refractivity contribution is 7.92. The molecule has 2 aromatic rings. The Hall–Kier alpha value is -2.05. The molecule has 1 unspecified atom stereocenters. The van der Waals surface area contributed by atoms with Gasteiger partial charge in [-0.15, -0.1) is 0 Å². The molecule has 5 nitrogen and oxygen atoms in total. The molecule has 1 heterocycles. The Labute approximate surface area is 136 Å². The summed E-state index contributed by atoms with van der Waals surface area (Å²) in [6.07, 6.45) is 0. The number of methoxy groups -OCH3 is 1. The first-order valence-electron chi connectivity index (χ1n) is 7.50. The first kappa shape index (κ1) is 15.8. The topological polar surface area (TPSA) is 58.6 Å². The Morgan fingerprint density at radius 1 is 1.13 bits per heavy atom. The van der Waals surface area contributed by atoms with Gasteiger partial charge in [0.05, 0.1) is 17.7 Å². The lowest BCUT2D eigenvalue weighted by Crippen LogP contribution is -2.39. The molecule has 0 fully saturated rings. The van der Waals surface area contributed by atoms with Gasteiger partial charge in [0.25, 0.3) is 10.0 Å². The molecule has 0 amide bonds. The van der Waals surface area contributed by atoms with Gasteiger partial charge in [0.1, 0.15) is 5.75 Å². The Morgan fingerprint density at radius 2 is 1.83 bits per heavy atom. The van der Waals surface area contributed by atoms with Crippen molar-refractivity contribution in [2.45, 2.75) is 24.4 Å². The predicted molar refractivity (Wildman–Crippen MR) is 90.3 cm³/mol. The molecule has 1 aliphatic heterocycles. The number of nitrogens with one attached hydrogen (secondary N) is 1. The number of rotatable bonds is 3. The maximum atomic E-state index is 13.1. The lowest BCUT2D eigenvalue weighted by molar-refractivity contribution is 0.414. The Bertz CT molecular complexity index is 788. The Balaban J connectivity index is 2.06. The van der Waals surface area contributed by atoms with E-state index in [0.29, 0.717) is 18.8 Å². The van der Waals surface area contributed by atoms with E-state index in [9.17, 15) is 8.42 Å². The molecule has 1 N–H and O–H groups in total. The molecular formula is C17H20N2O3S. The summed E-state index contributed by atoms with van der Waals surface area (Å²) in [6, 6.07) is 14.2. The first-order valence-corrected chi connectivity index (χ1v) is 8.94. The number of para-hydroxylation sites is 1. The molecule has 2 aromatic carbocycles. The summed E-state index contributed by atoms with van der Waals surface area (Å²) in [5.41, 5.74) is 1.72. The molecule has 0 radical (unpaired) electrons. The van der Waals surface area contributed by atoms with Crippen molar-refractivity contribution in [2.24, 2.45) is 0 Å². The third-order valence-electron chi connectivity index (χ3n) is 3.99. The van der Waals surface area contributed by atoms with E-state index < -0.39 is 10.0 Å². The zero-order valence-corrected chi connectivity index (χ0v) is 14.0. The van der Waals surface area contributed by atoms with Crippen LogP contribution in [-0.4, -0.2) is 28.1 Å². The molecule has 6 heteroatoms. The van der Waals surface area contributed by atoms with Gasteiger partial charge in [-0.2, -0.15) is 0 Å². The van der Waals surface area contributed by atoms with Gasteiger partial charge in [0.2, 0.25) is 0 Å². The number of hydrogen-bond acceptors (Lipinski definition) is 4. The standard InChI is InChI=1S/C17H20N2O3S/c1-13-12-19(17-6-4-3-5-14(17)11-18-13)23(20,21)16-9-7-15(22-2)8-10-16/h3-10,13,18H,11-12H2,1-2H3. The highest BCUT2D eigenvalue weighted by atomic mass is 32.2. The van der Waals surface area contributed by atoms with Crippen LogP contribution in [0.3, 0.4) is 0 Å². The largest absolute Gasteiger partial charge is 0.497 e. The van der Waals surface area contributed by atoms with E-state index >= 15 is 0 Å². The number of anilines is 1. The zero-order valence-electron chi connectivity index (χ0n) is 13.2. The van der Waals surface area contributed by atoms with Crippen molar-refractivity contribution in [3.05, 3.63) is 54.1 Å². The summed E-state index contributed by atoms with van der Waals surface area (Å²) >= 11 is 0. The second kappa shape index (κ2) is 6.22. The van der Waals surface area contributed by atoms with E-state index in [1.807, 2.05) is 31.2 Å². The molecule has 0 aromatic heterocycles. The van der Waals surface area contributed by atoms with Gasteiger partial charge >= 0.3 is 0 Å². The SMILES string of the molecule is COc1ccc(S(=O)(=O)N2CC(C)NCc3ccccc32)cc1. The third-order valence-corrected chi connectivity index (χ3v) is 5.78. The van der Waals surface area contributed by atoms with Crippen molar-refractivity contribution in [1.82, 2.24) is 5.32 Å². The maximum absolute atomic E-state index is 13.1. The van der Waals surface area contributed by atoms with Gasteiger partial charge in [-0.25, -0.2) is 8.42 Å². The van der Waals surface area contributed by atoms with E-state index in [0.717, 1.165) is 11.3 Å². The lowest BCUT2D eigenvalue weighted by Gasteiger charge is -2.26. The fourth-order valence-corrected chi connectivity index (χ4v) is 4.29. The molecule has 3 rings (SSSR count). The van der Waals surface area contributed by atoms with Crippen molar-refractivity contribution >= 4 is 15.7 Å². The van der Waals surface area contributed by atoms with Crippen molar-refractivity contribution in [1.29, 1.82) is 0 Å². The molecule has 0 bridgehead atoms. The van der Waals surface area contributed by atoms with E-state index in [1.165, 1.54) is 4.31 Å². The molecule has 122 valence electrons. The molecule has 0 aliphatic carbocycles. The number of benzene rings is 2. The monoisotopic (exact) mass is 332 g/mol. The average Bonchev–Trinajstić information content (AvgIpc) is 2.75. The van der Waals surface area contributed by atoms with Crippen LogP contribution in [0.25, 0.3) is 0 Å². The van der Waals surface area contributed by atoms with Crippen molar-refractivity contribution in [3.63, 3.8) is 0 Å². The normalized spacial score (nSPS) is 18.2. The van der Waals surface area contributed by atoms with E-state index in [2.05, 4.69) is 5.32 Å². The van der Waals surface area contributed by atoms with Crippen molar-refractivity contribution in [3.8, 4) is 5.75 Å². The Kier molecular flexibility index (Phi) is 4.28. The quantitative estimate of drug-likeness (QED) is 0.937. The van der Waals surface area contributed by atoms with Crippen molar-refractivity contribution in [2.75, 3.05) is 18.0 Å². The highest BCUT2D eigenvalue weighted by Gasteiger charge is 2.29. The number of fused-ring (bicyclic) bond motifs is 1. The van der Waals surface area contributed by atoms with Crippen LogP contribution in [0.15, 0.2) is 53.4 Å². The molecule has 1 aliphatic rings. The molecule has 0 spiro atoms. The molecule has 1 atom stereocenters. The minimum absolute atomic E-state index is 0.0652. The van der Waals surface area contributed by atoms with Crippen LogP contribution in [-0.2, 0) is 16.6 Å².